The molecule has 0 bridgehead atoms. The molecule has 1 fully saturated rings. The highest BCUT2D eigenvalue weighted by Crippen LogP contribution is 2.25. The highest BCUT2D eigenvalue weighted by molar-refractivity contribution is 7.86. The maximum Gasteiger partial charge on any atom is 0.282 e. The third kappa shape index (κ3) is 4.18. The summed E-state index contributed by atoms with van der Waals surface area (Å²) in [6, 6.07) is 3.66. The zero-order valence-electron chi connectivity index (χ0n) is 12.5. The molecule has 0 spiro atoms. The van der Waals surface area contributed by atoms with Crippen LogP contribution in [0.2, 0.25) is 4.34 Å². The third-order valence-corrected chi connectivity index (χ3v) is 6.56. The fourth-order valence-electron chi connectivity index (χ4n) is 2.45. The van der Waals surface area contributed by atoms with E-state index >= 15 is 0 Å². The summed E-state index contributed by atoms with van der Waals surface area (Å²) in [4.78, 5) is 0.944. The maximum atomic E-state index is 12.8. The lowest BCUT2D eigenvalue weighted by molar-refractivity contribution is -0.0454. The first-order valence-electron chi connectivity index (χ1n) is 6.97. The number of rotatable bonds is 5. The third-order valence-electron chi connectivity index (χ3n) is 3.35. The maximum absolute atomic E-state index is 12.8. The monoisotopic (exact) mass is 352 g/mol. The Morgan fingerprint density at radius 1 is 1.38 bits per heavy atom. The molecule has 0 aliphatic carbocycles. The van der Waals surface area contributed by atoms with Crippen molar-refractivity contribution in [3.05, 3.63) is 21.3 Å². The smallest absolute Gasteiger partial charge is 0.282 e. The standard InChI is InChI=1S/C13H21ClN2O3S2/c1-4-15(9-12-5-6-13(14)20-12)21(17,18)16-7-10(2)19-11(3)8-16/h5-6,10-11H,4,7-9H2,1-3H3/t10-,11-/m1/s1. The van der Waals surface area contributed by atoms with Crippen LogP contribution in [0.15, 0.2) is 12.1 Å². The number of nitrogens with zero attached hydrogens (tertiary/aromatic N) is 2. The molecule has 0 radical (unpaired) electrons. The second-order valence-corrected chi connectivity index (χ2v) is 8.94. The lowest BCUT2D eigenvalue weighted by atomic mass is 10.3. The van der Waals surface area contributed by atoms with Crippen molar-refractivity contribution in [2.45, 2.75) is 39.5 Å². The van der Waals surface area contributed by atoms with Gasteiger partial charge in [-0.1, -0.05) is 18.5 Å². The largest absolute Gasteiger partial charge is 0.373 e. The van der Waals surface area contributed by atoms with Crippen molar-refractivity contribution >= 4 is 33.1 Å². The Morgan fingerprint density at radius 3 is 2.48 bits per heavy atom. The SMILES string of the molecule is CCN(Cc1ccc(Cl)s1)S(=O)(=O)N1C[C@@H](C)O[C@H](C)C1. The van der Waals surface area contributed by atoms with Crippen LogP contribution in [0.3, 0.4) is 0 Å². The molecule has 1 aromatic rings. The predicted molar refractivity (Wildman–Crippen MR) is 85.9 cm³/mol. The van der Waals surface area contributed by atoms with E-state index in [0.717, 1.165) is 4.88 Å². The van der Waals surface area contributed by atoms with Crippen molar-refractivity contribution in [3.8, 4) is 0 Å². The van der Waals surface area contributed by atoms with Crippen molar-refractivity contribution in [2.24, 2.45) is 0 Å². The fraction of sp³-hybridized carbons (Fsp3) is 0.692. The van der Waals surface area contributed by atoms with Gasteiger partial charge in [-0.2, -0.15) is 17.0 Å². The number of hydrogen-bond donors (Lipinski definition) is 0. The van der Waals surface area contributed by atoms with E-state index < -0.39 is 10.2 Å². The number of ether oxygens (including phenoxy) is 1. The van der Waals surface area contributed by atoms with Gasteiger partial charge in [0.1, 0.15) is 0 Å². The van der Waals surface area contributed by atoms with Gasteiger partial charge in [0.05, 0.1) is 16.5 Å². The topological polar surface area (TPSA) is 49.9 Å². The second-order valence-electron chi connectivity index (χ2n) is 5.21. The van der Waals surface area contributed by atoms with Crippen molar-refractivity contribution in [3.63, 3.8) is 0 Å². The Morgan fingerprint density at radius 2 is 2.00 bits per heavy atom. The molecule has 1 aliphatic heterocycles. The highest BCUT2D eigenvalue weighted by atomic mass is 35.5. The zero-order valence-corrected chi connectivity index (χ0v) is 14.8. The van der Waals surface area contributed by atoms with Gasteiger partial charge >= 0.3 is 0 Å². The minimum atomic E-state index is -3.48. The fourth-order valence-corrected chi connectivity index (χ4v) is 5.39. The van der Waals surface area contributed by atoms with Gasteiger partial charge in [-0.3, -0.25) is 0 Å². The van der Waals surface area contributed by atoms with Crippen molar-refractivity contribution in [1.29, 1.82) is 0 Å². The summed E-state index contributed by atoms with van der Waals surface area (Å²) in [5, 5.41) is 0. The van der Waals surface area contributed by atoms with Crippen LogP contribution in [-0.4, -0.2) is 48.9 Å². The van der Waals surface area contributed by atoms with E-state index in [4.69, 9.17) is 16.3 Å². The second kappa shape index (κ2) is 6.93. The summed E-state index contributed by atoms with van der Waals surface area (Å²) < 4.78 is 34.9. The Labute approximate surface area is 135 Å². The molecule has 2 heterocycles. The molecule has 120 valence electrons. The van der Waals surface area contributed by atoms with Crippen LogP contribution in [0.1, 0.15) is 25.6 Å². The summed E-state index contributed by atoms with van der Waals surface area (Å²) in [5.74, 6) is 0. The van der Waals surface area contributed by atoms with Crippen molar-refractivity contribution in [1.82, 2.24) is 8.61 Å². The highest BCUT2D eigenvalue weighted by Gasteiger charge is 2.34. The summed E-state index contributed by atoms with van der Waals surface area (Å²) in [6.07, 6.45) is -0.170. The lowest BCUT2D eigenvalue weighted by Gasteiger charge is -2.37. The summed E-state index contributed by atoms with van der Waals surface area (Å²) >= 11 is 7.32. The van der Waals surface area contributed by atoms with Crippen LogP contribution in [0.5, 0.6) is 0 Å². The molecular formula is C13H21ClN2O3S2. The molecule has 2 atom stereocenters. The Kier molecular flexibility index (Phi) is 5.67. The molecule has 5 nitrogen and oxygen atoms in total. The number of hydrogen-bond acceptors (Lipinski definition) is 4. The first-order valence-corrected chi connectivity index (χ1v) is 9.57. The molecule has 0 saturated carbocycles. The van der Waals surface area contributed by atoms with Gasteiger partial charge in [0.2, 0.25) is 0 Å². The quantitative estimate of drug-likeness (QED) is 0.818. The molecule has 1 saturated heterocycles. The summed E-state index contributed by atoms with van der Waals surface area (Å²) in [6.45, 7) is 7.22. The first-order chi connectivity index (χ1) is 9.82. The van der Waals surface area contributed by atoms with E-state index in [-0.39, 0.29) is 12.2 Å². The van der Waals surface area contributed by atoms with E-state index in [2.05, 4.69) is 0 Å². The molecule has 0 amide bonds. The van der Waals surface area contributed by atoms with E-state index in [1.807, 2.05) is 26.8 Å². The Hall–Kier alpha value is -0.180. The Balaban J connectivity index is 2.15. The lowest BCUT2D eigenvalue weighted by Crippen LogP contribution is -2.52. The van der Waals surface area contributed by atoms with Gasteiger partial charge < -0.3 is 4.74 Å². The average Bonchev–Trinajstić information content (AvgIpc) is 2.80. The molecule has 1 aromatic heterocycles. The van der Waals surface area contributed by atoms with Gasteiger partial charge in [0.25, 0.3) is 10.2 Å². The Bertz CT molecular complexity index is 566. The van der Waals surface area contributed by atoms with E-state index in [9.17, 15) is 8.42 Å². The molecule has 0 N–H and O–H groups in total. The molecular weight excluding hydrogens is 332 g/mol. The normalized spacial score (nSPS) is 24.6. The molecule has 0 aromatic carbocycles. The summed E-state index contributed by atoms with van der Waals surface area (Å²) in [5.41, 5.74) is 0. The minimum absolute atomic E-state index is 0.0848. The van der Waals surface area contributed by atoms with Gasteiger partial charge in [0, 0.05) is 31.1 Å². The van der Waals surface area contributed by atoms with Gasteiger partial charge in [-0.25, -0.2) is 0 Å². The van der Waals surface area contributed by atoms with E-state index in [0.29, 0.717) is 30.5 Å². The van der Waals surface area contributed by atoms with Crippen LogP contribution < -0.4 is 0 Å². The molecule has 0 unspecified atom stereocenters. The molecule has 21 heavy (non-hydrogen) atoms. The zero-order chi connectivity index (χ0) is 15.6. The first kappa shape index (κ1) is 17.2. The van der Waals surface area contributed by atoms with Gasteiger partial charge in [-0.05, 0) is 26.0 Å². The average molecular weight is 353 g/mol. The van der Waals surface area contributed by atoms with Crippen LogP contribution in [-0.2, 0) is 21.5 Å². The van der Waals surface area contributed by atoms with Crippen LogP contribution in [0, 0.1) is 0 Å². The van der Waals surface area contributed by atoms with E-state index in [1.165, 1.54) is 19.9 Å². The van der Waals surface area contributed by atoms with E-state index in [1.54, 1.807) is 6.07 Å². The van der Waals surface area contributed by atoms with Crippen LogP contribution in [0.25, 0.3) is 0 Å². The number of morpholine rings is 1. The number of thiophene rings is 1. The van der Waals surface area contributed by atoms with Gasteiger partial charge in [0.15, 0.2) is 0 Å². The molecule has 1 aliphatic rings. The molecule has 8 heteroatoms. The summed E-state index contributed by atoms with van der Waals surface area (Å²) in [7, 11) is -3.48. The molecule has 2 rings (SSSR count). The van der Waals surface area contributed by atoms with Crippen molar-refractivity contribution < 1.29 is 13.2 Å². The van der Waals surface area contributed by atoms with Gasteiger partial charge in [-0.15, -0.1) is 11.3 Å². The predicted octanol–water partition coefficient (Wildman–Crippen LogP) is 2.58. The van der Waals surface area contributed by atoms with Crippen molar-refractivity contribution in [2.75, 3.05) is 19.6 Å². The number of halogens is 1. The minimum Gasteiger partial charge on any atom is -0.373 e. The van der Waals surface area contributed by atoms with Crippen LogP contribution in [0.4, 0.5) is 0 Å². The van der Waals surface area contributed by atoms with Crippen LogP contribution >= 0.6 is 22.9 Å².